The van der Waals surface area contributed by atoms with Crippen molar-refractivity contribution in [3.05, 3.63) is 53.6 Å². The number of alkyl halides is 4. The van der Waals surface area contributed by atoms with Gasteiger partial charge in [-0.25, -0.2) is 0 Å². The summed E-state index contributed by atoms with van der Waals surface area (Å²) in [5, 5.41) is 2.75. The molecule has 10 heteroatoms. The van der Waals surface area contributed by atoms with Crippen LogP contribution in [0.15, 0.2) is 42.5 Å². The van der Waals surface area contributed by atoms with E-state index in [4.69, 9.17) is 0 Å². The molecule has 0 aromatic heterocycles. The fourth-order valence-corrected chi connectivity index (χ4v) is 3.42. The van der Waals surface area contributed by atoms with E-state index in [1.54, 1.807) is 0 Å². The van der Waals surface area contributed by atoms with Crippen LogP contribution in [0.4, 0.5) is 28.9 Å². The van der Waals surface area contributed by atoms with Crippen molar-refractivity contribution >= 4 is 23.4 Å². The van der Waals surface area contributed by atoms with Crippen LogP contribution in [0.1, 0.15) is 11.1 Å². The average molecular weight is 467 g/mol. The molecule has 1 N–H and O–H groups in total. The number of hydrogen-bond donors (Lipinski definition) is 1. The SMILES string of the molecule is Cc1cc(N2CCN(C)CC2)ccc1NC(=O)/C=C/c1ccc(OC(F)F)cc1OC(F)F. The van der Waals surface area contributed by atoms with Crippen molar-refractivity contribution in [3.8, 4) is 11.5 Å². The fraction of sp³-hybridized carbons (Fsp3) is 0.348. The molecule has 178 valence electrons. The molecule has 0 saturated carbocycles. The van der Waals surface area contributed by atoms with Gasteiger partial charge in [0, 0.05) is 55.3 Å². The van der Waals surface area contributed by atoms with Crippen molar-refractivity contribution < 1.29 is 31.8 Å². The number of carbonyl (C=O) groups is 1. The first-order valence-electron chi connectivity index (χ1n) is 10.3. The number of hydrogen-bond acceptors (Lipinski definition) is 5. The third-order valence-corrected chi connectivity index (χ3v) is 5.18. The predicted molar refractivity (Wildman–Crippen MR) is 118 cm³/mol. The normalized spacial score (nSPS) is 14.8. The first-order chi connectivity index (χ1) is 15.7. The van der Waals surface area contributed by atoms with Crippen LogP contribution in [0.5, 0.6) is 11.5 Å². The number of nitrogens with zero attached hydrogens (tertiary/aromatic N) is 2. The predicted octanol–water partition coefficient (Wildman–Crippen LogP) is 4.60. The van der Waals surface area contributed by atoms with Crippen LogP contribution in [-0.4, -0.2) is 57.3 Å². The minimum absolute atomic E-state index is 0.106. The summed E-state index contributed by atoms with van der Waals surface area (Å²) in [5.41, 5.74) is 2.68. The minimum atomic E-state index is -3.17. The van der Waals surface area contributed by atoms with Crippen LogP contribution in [0.3, 0.4) is 0 Å². The van der Waals surface area contributed by atoms with Crippen molar-refractivity contribution in [1.82, 2.24) is 4.90 Å². The van der Waals surface area contributed by atoms with Crippen molar-refractivity contribution in [3.63, 3.8) is 0 Å². The second-order valence-electron chi connectivity index (χ2n) is 7.57. The Morgan fingerprint density at radius 2 is 1.70 bits per heavy atom. The molecule has 0 unspecified atom stereocenters. The number of piperazine rings is 1. The van der Waals surface area contributed by atoms with Crippen molar-refractivity contribution in [2.75, 3.05) is 43.4 Å². The quantitative estimate of drug-likeness (QED) is 0.454. The summed E-state index contributed by atoms with van der Waals surface area (Å²) < 4.78 is 58.7. The molecule has 6 nitrogen and oxygen atoms in total. The Bertz CT molecular complexity index is 993. The standard InChI is InChI=1S/C23H25F4N3O3/c1-15-13-17(30-11-9-29(2)10-12-30)5-7-19(15)28-21(31)8-4-16-3-6-18(32-22(24)25)14-20(16)33-23(26)27/h3-8,13-14,22-23H,9-12H2,1-2H3,(H,28,31)/b8-4+. The van der Waals surface area contributed by atoms with Gasteiger partial charge in [0.25, 0.3) is 0 Å². The van der Waals surface area contributed by atoms with E-state index in [2.05, 4.69) is 31.6 Å². The maximum atomic E-state index is 12.7. The maximum absolute atomic E-state index is 12.7. The van der Waals surface area contributed by atoms with Crippen LogP contribution >= 0.6 is 0 Å². The third kappa shape index (κ3) is 7.11. The molecule has 0 atom stereocenters. The summed E-state index contributed by atoms with van der Waals surface area (Å²) in [5.74, 6) is -1.21. The molecule has 1 saturated heterocycles. The molecule has 0 aliphatic carbocycles. The Hall–Kier alpha value is -3.27. The molecule has 0 spiro atoms. The van der Waals surface area contributed by atoms with Crippen LogP contribution in [0, 0.1) is 6.92 Å². The highest BCUT2D eigenvalue weighted by molar-refractivity contribution is 6.02. The second-order valence-corrected chi connectivity index (χ2v) is 7.57. The van der Waals surface area contributed by atoms with Crippen LogP contribution in [0.25, 0.3) is 6.08 Å². The lowest BCUT2D eigenvalue weighted by Gasteiger charge is -2.34. The van der Waals surface area contributed by atoms with E-state index in [0.717, 1.165) is 49.6 Å². The van der Waals surface area contributed by atoms with Gasteiger partial charge in [0.15, 0.2) is 0 Å². The number of carbonyl (C=O) groups excluding carboxylic acids is 1. The van der Waals surface area contributed by atoms with Crippen LogP contribution in [0.2, 0.25) is 0 Å². The average Bonchev–Trinajstić information content (AvgIpc) is 2.74. The monoisotopic (exact) mass is 467 g/mol. The fourth-order valence-electron chi connectivity index (χ4n) is 3.42. The molecule has 1 aliphatic rings. The van der Waals surface area contributed by atoms with E-state index in [-0.39, 0.29) is 17.1 Å². The summed E-state index contributed by atoms with van der Waals surface area (Å²) in [6.07, 6.45) is 2.41. The largest absolute Gasteiger partial charge is 0.435 e. The summed E-state index contributed by atoms with van der Waals surface area (Å²) in [4.78, 5) is 16.9. The third-order valence-electron chi connectivity index (χ3n) is 5.18. The highest BCUT2D eigenvalue weighted by atomic mass is 19.3. The van der Waals surface area contributed by atoms with Gasteiger partial charge in [0.2, 0.25) is 5.91 Å². The zero-order valence-corrected chi connectivity index (χ0v) is 18.2. The van der Waals surface area contributed by atoms with Crippen molar-refractivity contribution in [1.29, 1.82) is 0 Å². The lowest BCUT2D eigenvalue weighted by Crippen LogP contribution is -2.44. The Morgan fingerprint density at radius 1 is 1.00 bits per heavy atom. The van der Waals surface area contributed by atoms with Gasteiger partial charge in [-0.1, -0.05) is 0 Å². The number of likely N-dealkylation sites (N-methyl/N-ethyl adjacent to an activating group) is 1. The minimum Gasteiger partial charge on any atom is -0.435 e. The zero-order valence-electron chi connectivity index (χ0n) is 18.2. The first-order valence-corrected chi connectivity index (χ1v) is 10.3. The van der Waals surface area contributed by atoms with Crippen LogP contribution in [-0.2, 0) is 4.79 Å². The molecule has 3 rings (SSSR count). The molecule has 1 amide bonds. The molecular formula is C23H25F4N3O3. The highest BCUT2D eigenvalue weighted by Gasteiger charge is 2.16. The topological polar surface area (TPSA) is 54.0 Å². The molecule has 2 aromatic carbocycles. The maximum Gasteiger partial charge on any atom is 0.387 e. The lowest BCUT2D eigenvalue weighted by atomic mass is 10.1. The molecule has 0 radical (unpaired) electrons. The number of amides is 1. The van der Waals surface area contributed by atoms with E-state index in [1.165, 1.54) is 18.2 Å². The van der Waals surface area contributed by atoms with Gasteiger partial charge >= 0.3 is 13.2 Å². The second kappa shape index (κ2) is 11.0. The number of aryl methyl sites for hydroxylation is 1. The Morgan fingerprint density at radius 3 is 2.33 bits per heavy atom. The molecule has 2 aromatic rings. The summed E-state index contributed by atoms with van der Waals surface area (Å²) in [6, 6.07) is 9.08. The van der Waals surface area contributed by atoms with Crippen LogP contribution < -0.4 is 19.7 Å². The Labute approximate surface area is 189 Å². The zero-order chi connectivity index (χ0) is 24.0. The summed E-state index contributed by atoms with van der Waals surface area (Å²) in [7, 11) is 2.09. The summed E-state index contributed by atoms with van der Waals surface area (Å²) >= 11 is 0. The smallest absolute Gasteiger partial charge is 0.387 e. The van der Waals surface area contributed by atoms with Gasteiger partial charge in [0.05, 0.1) is 0 Å². The Kier molecular flexibility index (Phi) is 8.16. The van der Waals surface area contributed by atoms with E-state index in [9.17, 15) is 22.4 Å². The van der Waals surface area contributed by atoms with Gasteiger partial charge in [-0.3, -0.25) is 4.79 Å². The molecule has 1 fully saturated rings. The number of halogens is 4. The first kappa shape index (κ1) is 24.4. The molecule has 0 bridgehead atoms. The molecular weight excluding hydrogens is 442 g/mol. The van der Waals surface area contributed by atoms with Gasteiger partial charge < -0.3 is 24.6 Å². The van der Waals surface area contributed by atoms with Gasteiger partial charge in [-0.2, -0.15) is 17.6 Å². The lowest BCUT2D eigenvalue weighted by molar-refractivity contribution is -0.111. The Balaban J connectivity index is 1.68. The molecule has 1 aliphatic heterocycles. The van der Waals surface area contributed by atoms with E-state index in [1.807, 2.05) is 25.1 Å². The highest BCUT2D eigenvalue weighted by Crippen LogP contribution is 2.29. The van der Waals surface area contributed by atoms with E-state index in [0.29, 0.717) is 5.69 Å². The number of anilines is 2. The molecule has 33 heavy (non-hydrogen) atoms. The number of nitrogens with one attached hydrogen (secondary N) is 1. The van der Waals surface area contributed by atoms with E-state index < -0.39 is 19.1 Å². The number of rotatable bonds is 8. The van der Waals surface area contributed by atoms with Crippen molar-refractivity contribution in [2.24, 2.45) is 0 Å². The molecule has 1 heterocycles. The van der Waals surface area contributed by atoms with Gasteiger partial charge in [0.1, 0.15) is 11.5 Å². The van der Waals surface area contributed by atoms with E-state index >= 15 is 0 Å². The number of ether oxygens (including phenoxy) is 2. The summed E-state index contributed by atoms with van der Waals surface area (Å²) in [6.45, 7) is -0.584. The van der Waals surface area contributed by atoms with Crippen molar-refractivity contribution in [2.45, 2.75) is 20.1 Å². The number of benzene rings is 2. The van der Waals surface area contributed by atoms with Gasteiger partial charge in [-0.15, -0.1) is 0 Å². The van der Waals surface area contributed by atoms with Gasteiger partial charge in [-0.05, 0) is 55.9 Å².